The van der Waals surface area contributed by atoms with Crippen molar-refractivity contribution in [2.75, 3.05) is 20.6 Å². The van der Waals surface area contributed by atoms with E-state index in [1.165, 1.54) is 4.90 Å². The summed E-state index contributed by atoms with van der Waals surface area (Å²) >= 11 is 0. The van der Waals surface area contributed by atoms with Gasteiger partial charge in [-0.2, -0.15) is 0 Å². The van der Waals surface area contributed by atoms with Crippen LogP contribution in [0.25, 0.3) is 0 Å². The van der Waals surface area contributed by atoms with Crippen molar-refractivity contribution in [3.63, 3.8) is 0 Å². The second-order valence-corrected chi connectivity index (χ2v) is 6.48. The summed E-state index contributed by atoms with van der Waals surface area (Å²) in [4.78, 5) is 37.8. The third-order valence-electron chi connectivity index (χ3n) is 3.63. The maximum atomic E-state index is 12.4. The SMILES string of the molecule is Cc1ccccc1C(=O)N[C@@H](CC(C)C)C(=O)NCC(=O)N(C)C. The van der Waals surface area contributed by atoms with Gasteiger partial charge in [0.25, 0.3) is 5.91 Å². The van der Waals surface area contributed by atoms with Gasteiger partial charge in [0, 0.05) is 19.7 Å². The van der Waals surface area contributed by atoms with Gasteiger partial charge in [0.1, 0.15) is 6.04 Å². The highest BCUT2D eigenvalue weighted by molar-refractivity contribution is 5.99. The highest BCUT2D eigenvalue weighted by Crippen LogP contribution is 2.10. The van der Waals surface area contributed by atoms with Crippen molar-refractivity contribution in [1.82, 2.24) is 15.5 Å². The molecule has 0 fully saturated rings. The molecule has 0 aliphatic rings. The number of nitrogens with one attached hydrogen (secondary N) is 2. The number of hydrogen-bond donors (Lipinski definition) is 2. The molecule has 0 spiro atoms. The van der Waals surface area contributed by atoms with Gasteiger partial charge in [-0.25, -0.2) is 0 Å². The maximum Gasteiger partial charge on any atom is 0.252 e. The van der Waals surface area contributed by atoms with Crippen LogP contribution in [0.2, 0.25) is 0 Å². The first-order chi connectivity index (χ1) is 11.2. The number of rotatable bonds is 7. The molecule has 0 aromatic heterocycles. The van der Waals surface area contributed by atoms with E-state index in [2.05, 4.69) is 10.6 Å². The monoisotopic (exact) mass is 333 g/mol. The van der Waals surface area contributed by atoms with Crippen LogP contribution in [0.3, 0.4) is 0 Å². The van der Waals surface area contributed by atoms with Crippen molar-refractivity contribution in [3.8, 4) is 0 Å². The van der Waals surface area contributed by atoms with Crippen LogP contribution in [-0.4, -0.2) is 49.3 Å². The van der Waals surface area contributed by atoms with E-state index in [-0.39, 0.29) is 30.2 Å². The van der Waals surface area contributed by atoms with E-state index in [4.69, 9.17) is 0 Å². The predicted octanol–water partition coefficient (Wildman–Crippen LogP) is 1.34. The Morgan fingerprint density at radius 2 is 1.75 bits per heavy atom. The lowest BCUT2D eigenvalue weighted by Gasteiger charge is -2.21. The molecule has 0 saturated heterocycles. The molecule has 132 valence electrons. The number of carbonyl (C=O) groups excluding carboxylic acids is 3. The zero-order valence-electron chi connectivity index (χ0n) is 15.1. The van der Waals surface area contributed by atoms with Crippen molar-refractivity contribution < 1.29 is 14.4 Å². The van der Waals surface area contributed by atoms with E-state index in [9.17, 15) is 14.4 Å². The molecular formula is C18H27N3O3. The van der Waals surface area contributed by atoms with E-state index in [1.54, 1.807) is 26.2 Å². The molecule has 0 aliphatic heterocycles. The van der Waals surface area contributed by atoms with Gasteiger partial charge in [0.05, 0.1) is 6.54 Å². The summed E-state index contributed by atoms with van der Waals surface area (Å²) < 4.78 is 0. The van der Waals surface area contributed by atoms with Crippen LogP contribution < -0.4 is 10.6 Å². The average molecular weight is 333 g/mol. The lowest BCUT2D eigenvalue weighted by Crippen LogP contribution is -2.49. The predicted molar refractivity (Wildman–Crippen MR) is 93.6 cm³/mol. The number of nitrogens with zero attached hydrogens (tertiary/aromatic N) is 1. The molecule has 0 unspecified atom stereocenters. The molecule has 2 N–H and O–H groups in total. The number of aryl methyl sites for hydroxylation is 1. The maximum absolute atomic E-state index is 12.4. The Hall–Kier alpha value is -2.37. The van der Waals surface area contributed by atoms with Crippen molar-refractivity contribution in [1.29, 1.82) is 0 Å². The van der Waals surface area contributed by atoms with Crippen LogP contribution in [-0.2, 0) is 9.59 Å². The number of hydrogen-bond acceptors (Lipinski definition) is 3. The summed E-state index contributed by atoms with van der Waals surface area (Å²) in [6.45, 7) is 5.72. The van der Waals surface area contributed by atoms with Crippen LogP contribution in [0.4, 0.5) is 0 Å². The minimum absolute atomic E-state index is 0.0827. The van der Waals surface area contributed by atoms with Crippen molar-refractivity contribution in [2.24, 2.45) is 5.92 Å². The first-order valence-electron chi connectivity index (χ1n) is 8.06. The standard InChI is InChI=1S/C18H27N3O3/c1-12(2)10-15(18(24)19-11-16(22)21(4)5)20-17(23)14-9-7-6-8-13(14)3/h6-9,12,15H,10-11H2,1-5H3,(H,19,24)(H,20,23)/t15-/m0/s1. The van der Waals surface area contributed by atoms with Gasteiger partial charge in [0.2, 0.25) is 11.8 Å². The summed E-state index contributed by atoms with van der Waals surface area (Å²) in [7, 11) is 3.25. The highest BCUT2D eigenvalue weighted by atomic mass is 16.2. The summed E-state index contributed by atoms with van der Waals surface area (Å²) in [5.74, 6) is -0.604. The molecule has 3 amide bonds. The third kappa shape index (κ3) is 6.02. The topological polar surface area (TPSA) is 78.5 Å². The highest BCUT2D eigenvalue weighted by Gasteiger charge is 2.23. The molecule has 1 rings (SSSR count). The van der Waals surface area contributed by atoms with Crippen LogP contribution in [0.5, 0.6) is 0 Å². The molecule has 1 atom stereocenters. The fraction of sp³-hybridized carbons (Fsp3) is 0.500. The number of benzene rings is 1. The van der Waals surface area contributed by atoms with Crippen LogP contribution in [0.1, 0.15) is 36.2 Å². The fourth-order valence-electron chi connectivity index (χ4n) is 2.21. The minimum Gasteiger partial charge on any atom is -0.347 e. The van der Waals surface area contributed by atoms with Gasteiger partial charge >= 0.3 is 0 Å². The Labute approximate surface area is 143 Å². The molecule has 0 aliphatic carbocycles. The van der Waals surface area contributed by atoms with E-state index in [0.717, 1.165) is 5.56 Å². The van der Waals surface area contributed by atoms with Gasteiger partial charge in [-0.15, -0.1) is 0 Å². The number of carbonyl (C=O) groups is 3. The van der Waals surface area contributed by atoms with E-state index >= 15 is 0 Å². The summed E-state index contributed by atoms with van der Waals surface area (Å²) in [5, 5.41) is 5.38. The van der Waals surface area contributed by atoms with Gasteiger partial charge in [-0.1, -0.05) is 32.0 Å². The molecule has 0 saturated carbocycles. The Morgan fingerprint density at radius 3 is 2.29 bits per heavy atom. The zero-order chi connectivity index (χ0) is 18.3. The molecule has 1 aromatic carbocycles. The molecule has 6 heteroatoms. The average Bonchev–Trinajstić information content (AvgIpc) is 2.51. The Bertz CT molecular complexity index is 597. The summed E-state index contributed by atoms with van der Waals surface area (Å²) in [5.41, 5.74) is 1.39. The van der Waals surface area contributed by atoms with Crippen LogP contribution in [0, 0.1) is 12.8 Å². The van der Waals surface area contributed by atoms with Gasteiger partial charge in [0.15, 0.2) is 0 Å². The van der Waals surface area contributed by atoms with Crippen molar-refractivity contribution in [3.05, 3.63) is 35.4 Å². The van der Waals surface area contributed by atoms with Crippen LogP contribution in [0.15, 0.2) is 24.3 Å². The second-order valence-electron chi connectivity index (χ2n) is 6.48. The molecule has 1 aromatic rings. The van der Waals surface area contributed by atoms with E-state index in [0.29, 0.717) is 12.0 Å². The van der Waals surface area contributed by atoms with Crippen molar-refractivity contribution >= 4 is 17.7 Å². The lowest BCUT2D eigenvalue weighted by atomic mass is 10.0. The molecule has 0 heterocycles. The Balaban J connectivity index is 2.78. The lowest BCUT2D eigenvalue weighted by molar-refractivity contribution is -0.131. The molecule has 24 heavy (non-hydrogen) atoms. The Morgan fingerprint density at radius 1 is 1.12 bits per heavy atom. The molecular weight excluding hydrogens is 306 g/mol. The second kappa shape index (κ2) is 9.05. The first-order valence-corrected chi connectivity index (χ1v) is 8.06. The summed E-state index contributed by atoms with van der Waals surface area (Å²) in [6, 6.07) is 6.55. The van der Waals surface area contributed by atoms with Crippen molar-refractivity contribution in [2.45, 2.75) is 33.2 Å². The minimum atomic E-state index is -0.674. The zero-order valence-corrected chi connectivity index (χ0v) is 15.1. The normalized spacial score (nSPS) is 11.8. The van der Waals surface area contributed by atoms with E-state index in [1.807, 2.05) is 32.9 Å². The number of likely N-dealkylation sites (N-methyl/N-ethyl adjacent to an activating group) is 1. The first kappa shape index (κ1) is 19.7. The molecule has 0 radical (unpaired) electrons. The smallest absolute Gasteiger partial charge is 0.252 e. The fourth-order valence-corrected chi connectivity index (χ4v) is 2.21. The van der Waals surface area contributed by atoms with Gasteiger partial charge in [-0.3, -0.25) is 14.4 Å². The van der Waals surface area contributed by atoms with Gasteiger partial charge in [-0.05, 0) is 30.9 Å². The van der Waals surface area contributed by atoms with E-state index < -0.39 is 6.04 Å². The van der Waals surface area contributed by atoms with Gasteiger partial charge < -0.3 is 15.5 Å². The number of amides is 3. The molecule has 6 nitrogen and oxygen atoms in total. The third-order valence-corrected chi connectivity index (χ3v) is 3.63. The quantitative estimate of drug-likeness (QED) is 0.790. The largest absolute Gasteiger partial charge is 0.347 e. The summed E-state index contributed by atoms with van der Waals surface area (Å²) in [6.07, 6.45) is 0.500. The Kier molecular flexibility index (Phi) is 7.42. The molecule has 0 bridgehead atoms. The van der Waals surface area contributed by atoms with Crippen LogP contribution >= 0.6 is 0 Å².